The number of nitrogens with zero attached hydrogens (tertiary/aromatic N) is 3. The third-order valence-corrected chi connectivity index (χ3v) is 6.58. The van der Waals surface area contributed by atoms with Crippen molar-refractivity contribution in [2.24, 2.45) is 0 Å². The van der Waals surface area contributed by atoms with E-state index in [4.69, 9.17) is 25.8 Å². The van der Waals surface area contributed by atoms with Gasteiger partial charge in [0.15, 0.2) is 23.1 Å². The highest BCUT2D eigenvalue weighted by Gasteiger charge is 2.24. The fraction of sp³-hybridized carbons (Fsp3) is 0.200. The van der Waals surface area contributed by atoms with Crippen molar-refractivity contribution in [3.8, 4) is 34.3 Å². The number of amides is 2. The molecule has 3 aromatic heterocycles. The summed E-state index contributed by atoms with van der Waals surface area (Å²) in [5, 5.41) is 6.24. The van der Waals surface area contributed by atoms with Crippen molar-refractivity contribution in [1.82, 2.24) is 19.9 Å². The van der Waals surface area contributed by atoms with E-state index < -0.39 is 11.8 Å². The number of fused-ring (bicyclic) bond motifs is 1. The Balaban J connectivity index is 1.36. The van der Waals surface area contributed by atoms with E-state index in [-0.39, 0.29) is 22.0 Å². The molecule has 0 aliphatic carbocycles. The molecule has 10 nitrogen and oxygen atoms in total. The van der Waals surface area contributed by atoms with Crippen LogP contribution in [0.15, 0.2) is 60.9 Å². The summed E-state index contributed by atoms with van der Waals surface area (Å²) in [4.78, 5) is 29.2. The SMILES string of the molecule is COc1cc2nccc(Oc3ccc(NC(=O)Nc4[nH]c(C(C)(C)C)nc4-c4cccnc4Cl)cc3F)c2cc1OC. The maximum atomic E-state index is 15.1. The van der Waals surface area contributed by atoms with Crippen LogP contribution in [0.2, 0.25) is 5.15 Å². The molecule has 2 aromatic carbocycles. The van der Waals surface area contributed by atoms with E-state index in [9.17, 15) is 4.79 Å². The number of benzene rings is 2. The first-order chi connectivity index (χ1) is 20.1. The maximum Gasteiger partial charge on any atom is 0.324 e. The number of hydrogen-bond acceptors (Lipinski definition) is 7. The number of urea groups is 1. The number of aromatic nitrogens is 4. The lowest BCUT2D eigenvalue weighted by molar-refractivity contribution is 0.262. The molecule has 0 saturated carbocycles. The molecule has 5 rings (SSSR count). The van der Waals surface area contributed by atoms with Crippen LogP contribution < -0.4 is 24.8 Å². The summed E-state index contributed by atoms with van der Waals surface area (Å²) in [6.45, 7) is 5.95. The minimum absolute atomic E-state index is 0.0415. The van der Waals surface area contributed by atoms with Gasteiger partial charge in [-0.25, -0.2) is 19.2 Å². The first-order valence-corrected chi connectivity index (χ1v) is 13.2. The maximum absolute atomic E-state index is 15.1. The predicted molar refractivity (Wildman–Crippen MR) is 159 cm³/mol. The molecule has 2 amide bonds. The Morgan fingerprint density at radius 2 is 1.69 bits per heavy atom. The van der Waals surface area contributed by atoms with Crippen molar-refractivity contribution in [3.63, 3.8) is 0 Å². The van der Waals surface area contributed by atoms with Gasteiger partial charge in [-0.15, -0.1) is 0 Å². The third-order valence-electron chi connectivity index (χ3n) is 6.28. The molecular formula is C30H28ClFN6O4. The van der Waals surface area contributed by atoms with Crippen LogP contribution in [0.3, 0.4) is 0 Å². The Morgan fingerprint density at radius 1 is 0.929 bits per heavy atom. The molecule has 0 spiro atoms. The van der Waals surface area contributed by atoms with Crippen LogP contribution in [-0.4, -0.2) is 40.2 Å². The number of H-pyrrole nitrogens is 1. The Morgan fingerprint density at radius 3 is 2.38 bits per heavy atom. The Kier molecular flexibility index (Phi) is 7.86. The number of anilines is 2. The molecule has 42 heavy (non-hydrogen) atoms. The molecule has 12 heteroatoms. The van der Waals surface area contributed by atoms with Gasteiger partial charge < -0.3 is 24.5 Å². The molecule has 3 N–H and O–H groups in total. The minimum Gasteiger partial charge on any atom is -0.493 e. The van der Waals surface area contributed by atoms with Gasteiger partial charge in [-0.2, -0.15) is 0 Å². The van der Waals surface area contributed by atoms with Gasteiger partial charge >= 0.3 is 6.03 Å². The van der Waals surface area contributed by atoms with Crippen molar-refractivity contribution < 1.29 is 23.4 Å². The van der Waals surface area contributed by atoms with Crippen LogP contribution >= 0.6 is 11.6 Å². The Bertz CT molecular complexity index is 1790. The standard InChI is InChI=1S/C30H28ClFN6O4/c1-30(2,3)28-36-25(17-7-6-11-34-26(17)31)27(37-28)38-29(39)35-16-8-9-22(19(32)13-16)42-21-10-12-33-20-15-24(41-5)23(40-4)14-18(20)21/h6-15H,1-5H3,(H,36,37)(H2,35,38,39). The summed E-state index contributed by atoms with van der Waals surface area (Å²) in [5.74, 6) is 1.60. The molecule has 0 saturated heterocycles. The van der Waals surface area contributed by atoms with Gasteiger partial charge in [-0.05, 0) is 36.4 Å². The lowest BCUT2D eigenvalue weighted by atomic mass is 9.96. The first kappa shape index (κ1) is 28.6. The zero-order valence-corrected chi connectivity index (χ0v) is 24.3. The van der Waals surface area contributed by atoms with Crippen LogP contribution in [-0.2, 0) is 5.41 Å². The zero-order valence-electron chi connectivity index (χ0n) is 23.5. The highest BCUT2D eigenvalue weighted by molar-refractivity contribution is 6.32. The lowest BCUT2D eigenvalue weighted by Gasteiger charge is -2.14. The topological polar surface area (TPSA) is 123 Å². The number of carbonyl (C=O) groups excluding carboxylic acids is 1. The molecule has 3 heterocycles. The molecule has 216 valence electrons. The number of hydrogen-bond donors (Lipinski definition) is 3. The number of pyridine rings is 2. The van der Waals surface area contributed by atoms with Crippen molar-refractivity contribution in [2.45, 2.75) is 26.2 Å². The summed E-state index contributed by atoms with van der Waals surface area (Å²) >= 11 is 6.31. The van der Waals surface area contributed by atoms with E-state index >= 15 is 4.39 Å². The molecule has 0 aliphatic heterocycles. The lowest BCUT2D eigenvalue weighted by Crippen LogP contribution is -2.20. The number of nitrogens with one attached hydrogen (secondary N) is 3. The molecule has 0 atom stereocenters. The summed E-state index contributed by atoms with van der Waals surface area (Å²) < 4.78 is 31.8. The van der Waals surface area contributed by atoms with Gasteiger partial charge in [0, 0.05) is 46.6 Å². The molecular weight excluding hydrogens is 563 g/mol. The van der Waals surface area contributed by atoms with Crippen molar-refractivity contribution >= 4 is 40.0 Å². The predicted octanol–water partition coefficient (Wildman–Crippen LogP) is 7.56. The number of carbonyl (C=O) groups is 1. The molecule has 0 unspecified atom stereocenters. The number of halogens is 2. The molecule has 0 radical (unpaired) electrons. The van der Waals surface area contributed by atoms with E-state index in [0.29, 0.717) is 51.1 Å². The van der Waals surface area contributed by atoms with Gasteiger partial charge in [0.2, 0.25) is 0 Å². The van der Waals surface area contributed by atoms with Gasteiger partial charge in [0.25, 0.3) is 0 Å². The number of methoxy groups -OCH3 is 2. The zero-order chi connectivity index (χ0) is 30.0. The van der Waals surface area contributed by atoms with E-state index in [1.165, 1.54) is 26.4 Å². The average molecular weight is 591 g/mol. The highest BCUT2D eigenvalue weighted by Crippen LogP contribution is 2.38. The minimum atomic E-state index is -0.683. The fourth-order valence-electron chi connectivity index (χ4n) is 4.17. The quantitative estimate of drug-likeness (QED) is 0.167. The van der Waals surface area contributed by atoms with Crippen LogP contribution in [0.5, 0.6) is 23.0 Å². The van der Waals surface area contributed by atoms with Crippen LogP contribution in [0.1, 0.15) is 26.6 Å². The largest absolute Gasteiger partial charge is 0.493 e. The molecule has 0 fully saturated rings. The normalized spacial score (nSPS) is 11.3. The monoisotopic (exact) mass is 590 g/mol. The van der Waals surface area contributed by atoms with Gasteiger partial charge in [0.1, 0.15) is 28.2 Å². The second-order valence-corrected chi connectivity index (χ2v) is 10.6. The average Bonchev–Trinajstić information content (AvgIpc) is 3.38. The fourth-order valence-corrected chi connectivity index (χ4v) is 4.38. The van der Waals surface area contributed by atoms with Crippen molar-refractivity contribution in [2.75, 3.05) is 24.9 Å². The smallest absolute Gasteiger partial charge is 0.324 e. The summed E-state index contributed by atoms with van der Waals surface area (Å²) in [6.07, 6.45) is 3.12. The number of ether oxygens (including phenoxy) is 3. The summed E-state index contributed by atoms with van der Waals surface area (Å²) in [7, 11) is 3.05. The Hall–Kier alpha value is -4.90. The molecule has 0 aliphatic rings. The molecule has 0 bridgehead atoms. The highest BCUT2D eigenvalue weighted by atomic mass is 35.5. The first-order valence-electron chi connectivity index (χ1n) is 12.8. The third kappa shape index (κ3) is 5.91. The van der Waals surface area contributed by atoms with Gasteiger partial charge in [-0.3, -0.25) is 10.3 Å². The van der Waals surface area contributed by atoms with Crippen molar-refractivity contribution in [1.29, 1.82) is 0 Å². The van der Waals surface area contributed by atoms with Crippen LogP contribution in [0.25, 0.3) is 22.2 Å². The second-order valence-electron chi connectivity index (χ2n) is 10.3. The van der Waals surface area contributed by atoms with E-state index in [2.05, 4.69) is 30.6 Å². The van der Waals surface area contributed by atoms with E-state index in [1.807, 2.05) is 20.8 Å². The van der Waals surface area contributed by atoms with Crippen molar-refractivity contribution in [3.05, 3.63) is 77.7 Å². The van der Waals surface area contributed by atoms with Crippen LogP contribution in [0, 0.1) is 5.82 Å². The second kappa shape index (κ2) is 11.5. The van der Waals surface area contributed by atoms with E-state index in [0.717, 1.165) is 6.07 Å². The van der Waals surface area contributed by atoms with Gasteiger partial charge in [-0.1, -0.05) is 32.4 Å². The number of aromatic amines is 1. The number of rotatable bonds is 7. The molecule has 5 aromatic rings. The Labute approximate surface area is 246 Å². The summed E-state index contributed by atoms with van der Waals surface area (Å²) in [6, 6.07) is 12.0. The van der Waals surface area contributed by atoms with E-state index in [1.54, 1.807) is 42.7 Å². The van der Waals surface area contributed by atoms with Crippen LogP contribution in [0.4, 0.5) is 20.7 Å². The van der Waals surface area contributed by atoms with Gasteiger partial charge in [0.05, 0.1) is 19.7 Å². The number of imidazole rings is 1. The summed E-state index contributed by atoms with van der Waals surface area (Å²) in [5.41, 5.74) is 1.44.